The van der Waals surface area contributed by atoms with Crippen LogP contribution in [0.3, 0.4) is 0 Å². The number of benzene rings is 1. The number of hydrogen-bond donors (Lipinski definition) is 3. The number of aryl methyl sites for hydroxylation is 1. The number of carbonyl (C=O) groups excluding carboxylic acids is 3. The van der Waals surface area contributed by atoms with Crippen molar-refractivity contribution in [3.8, 4) is 5.69 Å². The number of nitrogens with two attached hydrogens (primary N) is 2. The quantitative estimate of drug-likeness (QED) is 0.488. The van der Waals surface area contributed by atoms with Gasteiger partial charge in [-0.3, -0.25) is 14.4 Å². The normalized spacial score (nSPS) is 22.2. The topological polar surface area (TPSA) is 129 Å². The molecule has 1 amide bonds. The Morgan fingerprint density at radius 2 is 1.92 bits per heavy atom. The largest absolute Gasteiger partial charge is 0.459 e. The van der Waals surface area contributed by atoms with Crippen molar-refractivity contribution < 1.29 is 19.1 Å². The summed E-state index contributed by atoms with van der Waals surface area (Å²) in [6.07, 6.45) is 9.34. The number of amides is 1. The number of fused-ring (bicyclic) bond motifs is 1. The zero-order valence-electron chi connectivity index (χ0n) is 21.9. The van der Waals surface area contributed by atoms with E-state index in [0.717, 1.165) is 72.2 Å². The Bertz CT molecular complexity index is 1320. The van der Waals surface area contributed by atoms with Crippen molar-refractivity contribution in [1.82, 2.24) is 4.57 Å². The molecule has 0 unspecified atom stereocenters. The third kappa shape index (κ3) is 4.94. The predicted molar refractivity (Wildman–Crippen MR) is 143 cm³/mol. The van der Waals surface area contributed by atoms with Crippen molar-refractivity contribution in [3.05, 3.63) is 52.4 Å². The Kier molecular flexibility index (Phi) is 6.48. The molecule has 1 saturated carbocycles. The third-order valence-corrected chi connectivity index (χ3v) is 7.76. The molecule has 5 N–H and O–H groups in total. The minimum Gasteiger partial charge on any atom is -0.459 e. The van der Waals surface area contributed by atoms with Crippen molar-refractivity contribution in [2.75, 3.05) is 11.9 Å². The van der Waals surface area contributed by atoms with Crippen LogP contribution in [0.4, 0.5) is 5.69 Å². The van der Waals surface area contributed by atoms with Crippen LogP contribution < -0.4 is 16.8 Å². The molecule has 8 nitrogen and oxygen atoms in total. The van der Waals surface area contributed by atoms with Crippen LogP contribution in [-0.4, -0.2) is 40.9 Å². The number of allylic oxidation sites excluding steroid dienone is 2. The maximum absolute atomic E-state index is 13.0. The lowest BCUT2D eigenvalue weighted by Crippen LogP contribution is -2.41. The lowest BCUT2D eigenvalue weighted by molar-refractivity contribution is -0.149. The van der Waals surface area contributed by atoms with E-state index in [9.17, 15) is 14.4 Å². The molecule has 37 heavy (non-hydrogen) atoms. The van der Waals surface area contributed by atoms with E-state index in [-0.39, 0.29) is 29.9 Å². The van der Waals surface area contributed by atoms with Crippen molar-refractivity contribution in [2.24, 2.45) is 16.9 Å². The summed E-state index contributed by atoms with van der Waals surface area (Å²) in [5.41, 5.74) is 17.9. The van der Waals surface area contributed by atoms with Crippen molar-refractivity contribution in [3.63, 3.8) is 0 Å². The highest BCUT2D eigenvalue weighted by Gasteiger charge is 2.36. The second kappa shape index (κ2) is 9.49. The summed E-state index contributed by atoms with van der Waals surface area (Å²) in [7, 11) is 0. The molecule has 0 spiro atoms. The molecular weight excluding hydrogens is 468 g/mol. The molecule has 3 aliphatic carbocycles. The summed E-state index contributed by atoms with van der Waals surface area (Å²) >= 11 is 0. The molecule has 196 valence electrons. The van der Waals surface area contributed by atoms with Crippen LogP contribution in [0.1, 0.15) is 89.9 Å². The molecule has 2 atom stereocenters. The highest BCUT2D eigenvalue weighted by atomic mass is 16.5. The van der Waals surface area contributed by atoms with Crippen LogP contribution in [-0.2, 0) is 16.0 Å². The Morgan fingerprint density at radius 1 is 1.19 bits per heavy atom. The first kappa shape index (κ1) is 25.3. The molecule has 0 aliphatic heterocycles. The summed E-state index contributed by atoms with van der Waals surface area (Å²) in [6, 6.07) is 3.77. The Balaban J connectivity index is 1.61. The number of esters is 1. The first-order chi connectivity index (χ1) is 17.6. The van der Waals surface area contributed by atoms with Gasteiger partial charge >= 0.3 is 5.97 Å². The second-order valence-electron chi connectivity index (χ2n) is 11.4. The van der Waals surface area contributed by atoms with Crippen molar-refractivity contribution in [1.29, 1.82) is 0 Å². The predicted octanol–water partition coefficient (Wildman–Crippen LogP) is 4.05. The number of ketones is 1. The molecular formula is C29H36N4O4. The van der Waals surface area contributed by atoms with E-state index in [0.29, 0.717) is 17.7 Å². The van der Waals surface area contributed by atoms with E-state index >= 15 is 0 Å². The van der Waals surface area contributed by atoms with Gasteiger partial charge < -0.3 is 26.1 Å². The van der Waals surface area contributed by atoms with Crippen LogP contribution in [0.15, 0.2) is 24.4 Å². The number of aromatic nitrogens is 1. The minimum atomic E-state index is -0.509. The van der Waals surface area contributed by atoms with Gasteiger partial charge in [0.1, 0.15) is 6.10 Å². The minimum absolute atomic E-state index is 0.134. The number of rotatable bonds is 7. The number of primary amides is 1. The molecule has 0 saturated heterocycles. The molecule has 1 heterocycles. The van der Waals surface area contributed by atoms with E-state index in [1.165, 1.54) is 0 Å². The van der Waals surface area contributed by atoms with Gasteiger partial charge in [-0.05, 0) is 73.3 Å². The molecule has 5 rings (SSSR count). The Morgan fingerprint density at radius 3 is 2.59 bits per heavy atom. The van der Waals surface area contributed by atoms with E-state index in [2.05, 4.69) is 29.8 Å². The Hall–Kier alpha value is -3.39. The van der Waals surface area contributed by atoms with E-state index in [1.807, 2.05) is 25.3 Å². The summed E-state index contributed by atoms with van der Waals surface area (Å²) in [4.78, 5) is 37.7. The van der Waals surface area contributed by atoms with Crippen molar-refractivity contribution in [2.45, 2.75) is 77.9 Å². The number of ether oxygens (including phenoxy) is 1. The van der Waals surface area contributed by atoms with Crippen LogP contribution >= 0.6 is 0 Å². The number of carbonyl (C=O) groups is 3. The Labute approximate surface area is 217 Å². The van der Waals surface area contributed by atoms with Gasteiger partial charge in [0.25, 0.3) is 5.91 Å². The highest BCUT2D eigenvalue weighted by Crippen LogP contribution is 2.42. The van der Waals surface area contributed by atoms with Gasteiger partial charge in [0.2, 0.25) is 0 Å². The van der Waals surface area contributed by atoms with Crippen LogP contribution in [0.25, 0.3) is 11.3 Å². The molecule has 1 aromatic carbocycles. The average Bonchev–Trinajstić information content (AvgIpc) is 3.62. The molecule has 8 heteroatoms. The van der Waals surface area contributed by atoms with Gasteiger partial charge in [0.15, 0.2) is 5.78 Å². The van der Waals surface area contributed by atoms with Gasteiger partial charge in [-0.1, -0.05) is 26.3 Å². The first-order valence-corrected chi connectivity index (χ1v) is 13.2. The maximum atomic E-state index is 13.0. The molecule has 0 radical (unpaired) electrons. The van der Waals surface area contributed by atoms with Crippen molar-refractivity contribution >= 4 is 28.9 Å². The fourth-order valence-electron chi connectivity index (χ4n) is 6.00. The summed E-state index contributed by atoms with van der Waals surface area (Å²) in [5, 5.41) is 3.53. The van der Waals surface area contributed by atoms with E-state index in [1.54, 1.807) is 0 Å². The first-order valence-electron chi connectivity index (χ1n) is 13.2. The van der Waals surface area contributed by atoms with Gasteiger partial charge in [0, 0.05) is 35.2 Å². The SMILES string of the molecule is Cc1cn(-c2cc(N[C@H]3CCCC[C@@H]3OC(=O)CN)c(C(N)=O)c(C3=CC3)c2)c2c1C(=O)CC(C)(C)C2. The summed E-state index contributed by atoms with van der Waals surface area (Å²) in [5.74, 6) is -0.773. The lowest BCUT2D eigenvalue weighted by atomic mass is 9.75. The van der Waals surface area contributed by atoms with Crippen LogP contribution in [0.2, 0.25) is 0 Å². The molecule has 3 aliphatic rings. The average molecular weight is 505 g/mol. The monoisotopic (exact) mass is 504 g/mol. The third-order valence-electron chi connectivity index (χ3n) is 7.76. The highest BCUT2D eigenvalue weighted by molar-refractivity contribution is 6.05. The molecule has 1 aromatic heterocycles. The maximum Gasteiger partial charge on any atom is 0.320 e. The summed E-state index contributed by atoms with van der Waals surface area (Å²) < 4.78 is 7.74. The smallest absolute Gasteiger partial charge is 0.320 e. The summed E-state index contributed by atoms with van der Waals surface area (Å²) in [6.45, 7) is 6.05. The molecule has 1 fully saturated rings. The molecule has 0 bridgehead atoms. The van der Waals surface area contributed by atoms with E-state index in [4.69, 9.17) is 16.2 Å². The van der Waals surface area contributed by atoms with E-state index < -0.39 is 11.9 Å². The van der Waals surface area contributed by atoms with Crippen LogP contribution in [0, 0.1) is 12.3 Å². The number of anilines is 1. The zero-order chi connectivity index (χ0) is 26.5. The van der Waals surface area contributed by atoms with Gasteiger partial charge in [-0.25, -0.2) is 0 Å². The molecule has 2 aromatic rings. The van der Waals surface area contributed by atoms with Gasteiger partial charge in [-0.2, -0.15) is 0 Å². The van der Waals surface area contributed by atoms with Gasteiger partial charge in [-0.15, -0.1) is 0 Å². The fourth-order valence-corrected chi connectivity index (χ4v) is 6.00. The number of hydrogen-bond acceptors (Lipinski definition) is 6. The second-order valence-corrected chi connectivity index (χ2v) is 11.4. The lowest BCUT2D eigenvalue weighted by Gasteiger charge is -2.33. The fraction of sp³-hybridized carbons (Fsp3) is 0.483. The zero-order valence-corrected chi connectivity index (χ0v) is 21.9. The standard InChI is InChI=1S/C29H36N4O4/c1-16-15-33(22-12-29(2,3)13-23(34)26(16)22)18-10-19(17-8-9-17)27(28(31)36)21(11-18)32-20-6-4-5-7-24(20)37-25(35)14-30/h8,10-11,15,20,24,32H,4-7,9,12-14,30H2,1-3H3,(H2,31,36)/t20-,24-/m0/s1. The number of nitrogens with zero attached hydrogens (tertiary/aromatic N) is 1. The van der Waals surface area contributed by atoms with Crippen LogP contribution in [0.5, 0.6) is 0 Å². The number of nitrogens with one attached hydrogen (secondary N) is 1. The van der Waals surface area contributed by atoms with Gasteiger partial charge in [0.05, 0.1) is 18.2 Å². The number of Topliss-reactive ketones (excluding diaryl/α,β-unsaturated/α-hetero) is 1.